The molecule has 58 heavy (non-hydrogen) atoms. The average Bonchev–Trinajstić information content (AvgIpc) is 3.72. The predicted molar refractivity (Wildman–Crippen MR) is 223 cm³/mol. The number of amides is 2. The molecule has 4 N–H and O–H groups in total. The third kappa shape index (κ3) is 8.12. The number of anilines is 3. The summed E-state index contributed by atoms with van der Waals surface area (Å²) in [7, 11) is 0. The van der Waals surface area contributed by atoms with Crippen LogP contribution in [0.4, 0.5) is 17.3 Å². The largest absolute Gasteiger partial charge is 0.494 e. The molecular weight excluding hydrogens is 735 g/mol. The monoisotopic (exact) mass is 785 g/mol. The number of ether oxygens (including phenoxy) is 1. The van der Waals surface area contributed by atoms with Gasteiger partial charge >= 0.3 is 0 Å². The van der Waals surface area contributed by atoms with Crippen LogP contribution in [0.15, 0.2) is 84.3 Å². The second-order valence-electron chi connectivity index (χ2n) is 15.5. The molecule has 0 spiro atoms. The van der Waals surface area contributed by atoms with Crippen LogP contribution in [0.1, 0.15) is 81.0 Å². The van der Waals surface area contributed by atoms with Gasteiger partial charge in [0.15, 0.2) is 11.5 Å². The minimum Gasteiger partial charge on any atom is -0.494 e. The van der Waals surface area contributed by atoms with Crippen LogP contribution >= 0.6 is 0 Å². The lowest BCUT2D eigenvalue weighted by atomic mass is 9.90. The van der Waals surface area contributed by atoms with Gasteiger partial charge in [0.05, 0.1) is 24.8 Å². The first-order valence-electron chi connectivity index (χ1n) is 20.5. The summed E-state index contributed by atoms with van der Waals surface area (Å²) in [5, 5.41) is 21.1. The molecule has 14 nitrogen and oxygen atoms in total. The van der Waals surface area contributed by atoms with Gasteiger partial charge in [-0.25, -0.2) is 19.3 Å². The van der Waals surface area contributed by atoms with Gasteiger partial charge in [0.25, 0.3) is 5.56 Å². The lowest BCUT2D eigenvalue weighted by Gasteiger charge is -2.34. The Balaban J connectivity index is 0.813. The summed E-state index contributed by atoms with van der Waals surface area (Å²) in [6.45, 7) is 9.57. The molecule has 5 heterocycles. The Labute approximate surface area is 337 Å². The number of piperidine rings is 2. The topological polar surface area (TPSA) is 169 Å². The van der Waals surface area contributed by atoms with Gasteiger partial charge in [-0.1, -0.05) is 31.2 Å². The molecule has 1 aliphatic carbocycles. The molecule has 3 aliphatic rings. The van der Waals surface area contributed by atoms with Crippen molar-refractivity contribution in [2.45, 2.75) is 88.8 Å². The van der Waals surface area contributed by atoms with Gasteiger partial charge in [0.1, 0.15) is 16.7 Å². The van der Waals surface area contributed by atoms with Crippen molar-refractivity contribution in [1.29, 1.82) is 0 Å². The van der Waals surface area contributed by atoms with E-state index in [2.05, 4.69) is 44.5 Å². The van der Waals surface area contributed by atoms with Crippen LogP contribution in [0.5, 0.6) is 5.75 Å². The Hall–Kier alpha value is -5.86. The van der Waals surface area contributed by atoms with E-state index in [1.165, 1.54) is 0 Å². The molecule has 2 aromatic carbocycles. The first-order valence-corrected chi connectivity index (χ1v) is 20.5. The third-order valence-corrected chi connectivity index (χ3v) is 11.8. The second kappa shape index (κ2) is 16.9. The fourth-order valence-electron chi connectivity index (χ4n) is 8.37. The number of unbranched alkanes of at least 4 members (excludes halogenated alkanes) is 1. The maximum absolute atomic E-state index is 13.5. The summed E-state index contributed by atoms with van der Waals surface area (Å²) in [6, 6.07) is 20.2. The summed E-state index contributed by atoms with van der Waals surface area (Å²) in [5.74, 6) is 0.941. The number of fused-ring (bicyclic) bond motifs is 2. The molecule has 8 rings (SSSR count). The predicted octanol–water partition coefficient (Wildman–Crippen LogP) is 5.39. The molecule has 2 saturated heterocycles. The quantitative estimate of drug-likeness (QED) is 0.0611. The summed E-state index contributed by atoms with van der Waals surface area (Å²) >= 11 is 0. The van der Waals surface area contributed by atoms with Crippen LogP contribution in [0, 0.1) is 0 Å². The third-order valence-electron chi connectivity index (χ3n) is 11.8. The lowest BCUT2D eigenvalue weighted by Crippen LogP contribution is -2.42. The highest BCUT2D eigenvalue weighted by molar-refractivity contribution is 6.00. The number of nitrogens with zero attached hydrogens (tertiary/aromatic N) is 6. The molecule has 0 bridgehead atoms. The number of aliphatic hydroxyl groups is 1. The fourth-order valence-corrected chi connectivity index (χ4v) is 8.37. The minimum absolute atomic E-state index is 0.202. The number of pyridine rings is 1. The number of aromatic nitrogens is 5. The molecule has 2 amide bonds. The molecule has 2 fully saturated rings. The maximum atomic E-state index is 13.5. The number of carbonyl (C=O) groups is 2. The number of aryl methyl sites for hydroxylation is 1. The lowest BCUT2D eigenvalue weighted by molar-refractivity contribution is -0.134. The molecule has 1 unspecified atom stereocenters. The Morgan fingerprint density at radius 3 is 2.52 bits per heavy atom. The first kappa shape index (κ1) is 39.0. The molecule has 302 valence electrons. The number of benzene rings is 2. The van der Waals surface area contributed by atoms with Crippen molar-refractivity contribution in [3.8, 4) is 11.6 Å². The van der Waals surface area contributed by atoms with Crippen molar-refractivity contribution >= 4 is 40.2 Å². The first-order chi connectivity index (χ1) is 28.2. The van der Waals surface area contributed by atoms with Gasteiger partial charge < -0.3 is 25.4 Å². The second-order valence-corrected chi connectivity index (χ2v) is 15.5. The Morgan fingerprint density at radius 1 is 0.983 bits per heavy atom. The van der Waals surface area contributed by atoms with Crippen molar-refractivity contribution < 1.29 is 19.4 Å². The highest BCUT2D eigenvalue weighted by Crippen LogP contribution is 2.38. The average molecular weight is 786 g/mol. The van der Waals surface area contributed by atoms with E-state index in [0.717, 1.165) is 80.0 Å². The van der Waals surface area contributed by atoms with E-state index >= 15 is 0 Å². The Kier molecular flexibility index (Phi) is 11.4. The molecule has 5 aromatic rings. The van der Waals surface area contributed by atoms with Gasteiger partial charge in [-0.15, -0.1) is 6.58 Å². The van der Waals surface area contributed by atoms with Crippen LogP contribution in [0.2, 0.25) is 0 Å². The Morgan fingerprint density at radius 2 is 1.78 bits per heavy atom. The van der Waals surface area contributed by atoms with Crippen LogP contribution < -0.4 is 31.1 Å². The van der Waals surface area contributed by atoms with Crippen molar-refractivity contribution in [2.75, 3.05) is 36.5 Å². The van der Waals surface area contributed by atoms with Crippen molar-refractivity contribution in [3.63, 3.8) is 0 Å². The standard InChI is InChI=1S/C44H51N9O5/c1-3-24-52-42(56)36-28-46-43(50-40(36)53(52)37-17-9-30-19-22-44(57,4-2)39(30)48-37)47-32-10-12-33(13-11-32)51-25-20-31(21-26-51)45-23-5-6-27-58-34-14-7-29(8-15-34)35-16-18-38(54)49-41(35)55/h3,7-15,17,28,31,35,45,57H,1,4-6,16,18-27H2,2H3,(H,46,47,50)(H,49,54,55)/t35?,44-/m1/s1. The smallest absolute Gasteiger partial charge is 0.278 e. The molecule has 2 atom stereocenters. The summed E-state index contributed by atoms with van der Waals surface area (Å²) < 4.78 is 9.18. The van der Waals surface area contributed by atoms with Crippen LogP contribution in [0.3, 0.4) is 0 Å². The summed E-state index contributed by atoms with van der Waals surface area (Å²) in [5.41, 5.74) is 3.77. The van der Waals surface area contributed by atoms with Crippen molar-refractivity contribution in [2.24, 2.45) is 0 Å². The molecular formula is C44H51N9O5. The Bertz CT molecular complexity index is 2350. The van der Waals surface area contributed by atoms with E-state index in [9.17, 15) is 19.5 Å². The van der Waals surface area contributed by atoms with Gasteiger partial charge in [0.2, 0.25) is 17.8 Å². The number of imide groups is 1. The molecule has 0 saturated carbocycles. The molecule has 3 aromatic heterocycles. The highest BCUT2D eigenvalue weighted by atomic mass is 16.5. The summed E-state index contributed by atoms with van der Waals surface area (Å²) in [4.78, 5) is 53.7. The highest BCUT2D eigenvalue weighted by Gasteiger charge is 2.37. The number of nitrogens with one attached hydrogen (secondary N) is 3. The van der Waals surface area contributed by atoms with Crippen molar-refractivity contribution in [3.05, 3.63) is 107 Å². The van der Waals surface area contributed by atoms with Gasteiger partial charge in [-0.3, -0.25) is 19.7 Å². The van der Waals surface area contributed by atoms with Crippen LogP contribution in [-0.4, -0.2) is 73.5 Å². The number of hydrogen-bond donors (Lipinski definition) is 4. The number of rotatable bonds is 15. The number of hydrogen-bond acceptors (Lipinski definition) is 11. The van der Waals surface area contributed by atoms with Gasteiger partial charge in [0, 0.05) is 43.1 Å². The number of carbonyl (C=O) groups excluding carboxylic acids is 2. The van der Waals surface area contributed by atoms with Gasteiger partial charge in [-0.2, -0.15) is 4.98 Å². The summed E-state index contributed by atoms with van der Waals surface area (Å²) in [6.07, 6.45) is 10.2. The van der Waals surface area contributed by atoms with Crippen LogP contribution in [0.25, 0.3) is 16.9 Å². The van der Waals surface area contributed by atoms with E-state index in [1.807, 2.05) is 55.5 Å². The number of allylic oxidation sites excluding steroid dienone is 1. The van der Waals surface area contributed by atoms with E-state index in [0.29, 0.717) is 66.8 Å². The van der Waals surface area contributed by atoms with E-state index in [1.54, 1.807) is 21.6 Å². The van der Waals surface area contributed by atoms with E-state index in [-0.39, 0.29) is 29.8 Å². The zero-order chi connectivity index (χ0) is 40.2. The fraction of sp³-hybridized carbons (Fsp3) is 0.409. The van der Waals surface area contributed by atoms with Gasteiger partial charge in [-0.05, 0) is 112 Å². The molecule has 14 heteroatoms. The normalized spacial score (nSPS) is 19.6. The van der Waals surface area contributed by atoms with Crippen LogP contribution in [-0.2, 0) is 28.2 Å². The van der Waals surface area contributed by atoms with E-state index < -0.39 is 5.60 Å². The maximum Gasteiger partial charge on any atom is 0.278 e. The minimum atomic E-state index is -0.989. The SMILES string of the molecule is C=CCn1c(=O)c2cnc(Nc3ccc(N4CCC(NCCCCOc5ccc(C6CCC(=O)NC6=O)cc5)CC4)cc3)nc2n1-c1ccc2c(n1)[C@@](O)(CC)CC2. The van der Waals surface area contributed by atoms with Crippen molar-refractivity contribution in [1.82, 2.24) is 34.9 Å². The zero-order valence-corrected chi connectivity index (χ0v) is 33.0. The zero-order valence-electron chi connectivity index (χ0n) is 33.0. The molecule has 0 radical (unpaired) electrons. The van der Waals surface area contributed by atoms with E-state index in [4.69, 9.17) is 14.7 Å². The molecule has 2 aliphatic heterocycles.